The molecule has 3 rings (SSSR count). The van der Waals surface area contributed by atoms with Gasteiger partial charge in [0, 0.05) is 11.6 Å². The first kappa shape index (κ1) is 16.0. The third-order valence-corrected chi connectivity index (χ3v) is 3.13. The Kier molecular flexibility index (Phi) is 5.14. The van der Waals surface area contributed by atoms with E-state index in [1.54, 1.807) is 6.07 Å². The van der Waals surface area contributed by atoms with Crippen LogP contribution in [0.25, 0.3) is 22.0 Å². The highest BCUT2D eigenvalue weighted by molar-refractivity contribution is 5.95. The molecule has 22 heavy (non-hydrogen) atoms. The fourth-order valence-electron chi connectivity index (χ4n) is 2.25. The summed E-state index contributed by atoms with van der Waals surface area (Å²) in [5, 5.41) is 11.0. The van der Waals surface area contributed by atoms with Crippen LogP contribution in [0.15, 0.2) is 48.5 Å². The van der Waals surface area contributed by atoms with Gasteiger partial charge < -0.3 is 15.6 Å². The summed E-state index contributed by atoms with van der Waals surface area (Å²) in [6.45, 7) is 0.0962. The average molecular weight is 318 g/mol. The van der Waals surface area contributed by atoms with Gasteiger partial charge in [0.2, 0.25) is 11.8 Å². The van der Waals surface area contributed by atoms with Crippen molar-refractivity contribution in [3.63, 3.8) is 0 Å². The van der Waals surface area contributed by atoms with Gasteiger partial charge in [-0.1, -0.05) is 42.5 Å². The van der Waals surface area contributed by atoms with E-state index in [1.807, 2.05) is 42.5 Å². The van der Waals surface area contributed by atoms with Crippen LogP contribution >= 0.6 is 12.4 Å². The molecule has 2 aromatic carbocycles. The number of rotatable bonds is 4. The van der Waals surface area contributed by atoms with Crippen molar-refractivity contribution >= 4 is 29.1 Å². The lowest BCUT2D eigenvalue weighted by molar-refractivity contribution is 0.197. The normalized spacial score (nSPS) is 10.2. The van der Waals surface area contributed by atoms with E-state index in [2.05, 4.69) is 9.97 Å². The van der Waals surface area contributed by atoms with Crippen LogP contribution in [0.4, 0.5) is 5.95 Å². The minimum absolute atomic E-state index is 0. The molecule has 1 aromatic heterocycles. The molecule has 0 aliphatic carbocycles. The summed E-state index contributed by atoms with van der Waals surface area (Å²) in [7, 11) is 0. The Bertz CT molecular complexity index is 775. The van der Waals surface area contributed by atoms with Gasteiger partial charge in [-0.2, -0.15) is 4.98 Å². The van der Waals surface area contributed by atoms with Crippen molar-refractivity contribution in [2.45, 2.75) is 0 Å². The van der Waals surface area contributed by atoms with E-state index in [-0.39, 0.29) is 31.6 Å². The smallest absolute Gasteiger partial charge is 0.223 e. The van der Waals surface area contributed by atoms with Crippen molar-refractivity contribution in [3.05, 3.63) is 48.5 Å². The number of anilines is 1. The average Bonchev–Trinajstić information content (AvgIpc) is 2.52. The molecule has 0 aliphatic heterocycles. The summed E-state index contributed by atoms with van der Waals surface area (Å²) in [5.74, 6) is 0.507. The second kappa shape index (κ2) is 7.06. The highest BCUT2D eigenvalue weighted by Crippen LogP contribution is 2.29. The van der Waals surface area contributed by atoms with Crippen LogP contribution in [0.1, 0.15) is 0 Å². The molecule has 0 saturated carbocycles. The van der Waals surface area contributed by atoms with Crippen molar-refractivity contribution in [3.8, 4) is 17.1 Å². The number of aromatic nitrogens is 2. The van der Waals surface area contributed by atoms with E-state index in [1.165, 1.54) is 0 Å². The van der Waals surface area contributed by atoms with Gasteiger partial charge in [0.15, 0.2) is 0 Å². The monoisotopic (exact) mass is 317 g/mol. The number of halogens is 1. The number of benzene rings is 2. The summed E-state index contributed by atoms with van der Waals surface area (Å²) >= 11 is 0. The second-order valence-corrected chi connectivity index (χ2v) is 4.55. The molecule has 0 saturated heterocycles. The van der Waals surface area contributed by atoms with E-state index >= 15 is 0 Å². The van der Waals surface area contributed by atoms with Gasteiger partial charge in [0.25, 0.3) is 0 Å². The van der Waals surface area contributed by atoms with Crippen LogP contribution in [0.5, 0.6) is 5.88 Å². The summed E-state index contributed by atoms with van der Waals surface area (Å²) in [4.78, 5) is 8.30. The fraction of sp³-hybridized carbons (Fsp3) is 0.125. The van der Waals surface area contributed by atoms with E-state index in [0.29, 0.717) is 11.6 Å². The van der Waals surface area contributed by atoms with Gasteiger partial charge in [-0.3, -0.25) is 0 Å². The van der Waals surface area contributed by atoms with Gasteiger partial charge in [-0.25, -0.2) is 4.98 Å². The first-order valence-corrected chi connectivity index (χ1v) is 6.64. The molecule has 1 heterocycles. The predicted octanol–water partition coefficient (Wildman–Crippen LogP) is 2.67. The molecule has 0 unspecified atom stereocenters. The van der Waals surface area contributed by atoms with Crippen LogP contribution in [-0.2, 0) is 0 Å². The molecular formula is C16H16ClN3O2. The standard InChI is InChI=1S/C16H15N3O2.ClH/c17-16-18-14(10-15(19-16)21-9-8-20)13-7-3-5-11-4-1-2-6-12(11)13;/h1-7,10,20H,8-9H2,(H2,17,18,19);1H. The van der Waals surface area contributed by atoms with Gasteiger partial charge in [0.05, 0.1) is 12.3 Å². The maximum atomic E-state index is 8.82. The molecule has 0 spiro atoms. The molecule has 0 fully saturated rings. The van der Waals surface area contributed by atoms with Gasteiger partial charge in [-0.05, 0) is 10.8 Å². The topological polar surface area (TPSA) is 81.3 Å². The zero-order chi connectivity index (χ0) is 14.7. The van der Waals surface area contributed by atoms with Crippen molar-refractivity contribution in [1.82, 2.24) is 9.97 Å². The SMILES string of the molecule is Cl.Nc1nc(OCCO)cc(-c2cccc3ccccc23)n1. The molecule has 0 atom stereocenters. The Morgan fingerprint density at radius 1 is 1.05 bits per heavy atom. The van der Waals surface area contributed by atoms with E-state index in [9.17, 15) is 0 Å². The predicted molar refractivity (Wildman–Crippen MR) is 89.2 cm³/mol. The number of hydrogen-bond acceptors (Lipinski definition) is 5. The maximum Gasteiger partial charge on any atom is 0.223 e. The number of fused-ring (bicyclic) bond motifs is 1. The Morgan fingerprint density at radius 3 is 2.64 bits per heavy atom. The lowest BCUT2D eigenvalue weighted by atomic mass is 10.0. The molecular weight excluding hydrogens is 302 g/mol. The molecule has 3 N–H and O–H groups in total. The van der Waals surface area contributed by atoms with Crippen LogP contribution in [0.2, 0.25) is 0 Å². The van der Waals surface area contributed by atoms with Crippen LogP contribution < -0.4 is 10.5 Å². The van der Waals surface area contributed by atoms with E-state index < -0.39 is 0 Å². The lowest BCUT2D eigenvalue weighted by Gasteiger charge is -2.09. The number of ether oxygens (including phenoxy) is 1. The summed E-state index contributed by atoms with van der Waals surface area (Å²) in [6.07, 6.45) is 0. The number of nitrogens with zero attached hydrogens (tertiary/aromatic N) is 2. The Hall–Kier alpha value is -2.37. The Balaban J connectivity index is 0.00000176. The molecule has 0 bridgehead atoms. The molecule has 0 amide bonds. The molecule has 0 aliphatic rings. The molecule has 6 heteroatoms. The third kappa shape index (κ3) is 3.27. The molecule has 114 valence electrons. The summed E-state index contributed by atoms with van der Waals surface area (Å²) in [6, 6.07) is 15.8. The molecule has 5 nitrogen and oxygen atoms in total. The maximum absolute atomic E-state index is 8.82. The van der Waals surface area contributed by atoms with Crippen molar-refractivity contribution in [2.75, 3.05) is 18.9 Å². The van der Waals surface area contributed by atoms with Gasteiger partial charge in [-0.15, -0.1) is 12.4 Å². The zero-order valence-electron chi connectivity index (χ0n) is 11.8. The van der Waals surface area contributed by atoms with Crippen molar-refractivity contribution in [1.29, 1.82) is 0 Å². The van der Waals surface area contributed by atoms with Crippen LogP contribution in [0, 0.1) is 0 Å². The summed E-state index contributed by atoms with van der Waals surface area (Å²) < 4.78 is 5.33. The second-order valence-electron chi connectivity index (χ2n) is 4.55. The van der Waals surface area contributed by atoms with E-state index in [4.69, 9.17) is 15.6 Å². The largest absolute Gasteiger partial charge is 0.475 e. The van der Waals surface area contributed by atoms with Crippen LogP contribution in [0.3, 0.4) is 0 Å². The number of hydrogen-bond donors (Lipinski definition) is 2. The Morgan fingerprint density at radius 2 is 1.82 bits per heavy atom. The minimum Gasteiger partial charge on any atom is -0.475 e. The number of nitrogens with two attached hydrogens (primary N) is 1. The van der Waals surface area contributed by atoms with Crippen molar-refractivity contribution < 1.29 is 9.84 Å². The van der Waals surface area contributed by atoms with Crippen LogP contribution in [-0.4, -0.2) is 28.3 Å². The quantitative estimate of drug-likeness (QED) is 0.773. The molecule has 0 radical (unpaired) electrons. The molecule has 3 aromatic rings. The number of nitrogen functional groups attached to an aromatic ring is 1. The van der Waals surface area contributed by atoms with Gasteiger partial charge in [0.1, 0.15) is 6.61 Å². The van der Waals surface area contributed by atoms with E-state index in [0.717, 1.165) is 16.3 Å². The highest BCUT2D eigenvalue weighted by Gasteiger charge is 2.09. The lowest BCUT2D eigenvalue weighted by Crippen LogP contribution is -2.05. The first-order valence-electron chi connectivity index (χ1n) is 6.64. The zero-order valence-corrected chi connectivity index (χ0v) is 12.6. The van der Waals surface area contributed by atoms with Crippen molar-refractivity contribution in [2.24, 2.45) is 0 Å². The fourth-order valence-corrected chi connectivity index (χ4v) is 2.25. The van der Waals surface area contributed by atoms with Gasteiger partial charge >= 0.3 is 0 Å². The number of aliphatic hydroxyl groups is 1. The summed E-state index contributed by atoms with van der Waals surface area (Å²) in [5.41, 5.74) is 7.42. The first-order chi connectivity index (χ1) is 10.3. The third-order valence-electron chi connectivity index (χ3n) is 3.13. The number of aliphatic hydroxyl groups excluding tert-OH is 1. The minimum atomic E-state index is -0.0759. The Labute approximate surface area is 134 Å². The highest BCUT2D eigenvalue weighted by atomic mass is 35.5.